The van der Waals surface area contributed by atoms with Gasteiger partial charge in [-0.05, 0) is 55.3 Å². The molecule has 1 aliphatic rings. The molecule has 13 heteroatoms. The number of phenols is 1. The minimum Gasteiger partial charge on any atom is -0.504 e. The van der Waals surface area contributed by atoms with Gasteiger partial charge >= 0.3 is 0 Å². The molecule has 0 aliphatic carbocycles. The number of aromatic hydroxyl groups is 1. The number of fused-ring (bicyclic) bond motifs is 1. The van der Waals surface area contributed by atoms with Gasteiger partial charge < -0.3 is 5.11 Å². The van der Waals surface area contributed by atoms with Crippen LogP contribution in [0, 0.1) is 0 Å². The standard InChI is InChI=1S/C22H23N5O6S2/c1-15(28)26-34(30,31)17-9-7-16(8-10-17)24-25-19-14-20(18-6-5-11-23-21(18)22(19)29)35(32,33)27-12-3-2-4-13-27/h5-11,14,29H,2-4,12-13H2,1H3,(H,26,28). The summed E-state index contributed by atoms with van der Waals surface area (Å²) in [6, 6.07) is 9.65. The number of hydrogen-bond acceptors (Lipinski definition) is 9. The molecule has 0 bridgehead atoms. The van der Waals surface area contributed by atoms with Gasteiger partial charge in [-0.3, -0.25) is 9.78 Å². The molecule has 0 unspecified atom stereocenters. The van der Waals surface area contributed by atoms with Gasteiger partial charge in [-0.1, -0.05) is 6.42 Å². The molecule has 0 radical (unpaired) electrons. The number of sulfonamides is 2. The van der Waals surface area contributed by atoms with Crippen LogP contribution in [0.3, 0.4) is 0 Å². The fourth-order valence-electron chi connectivity index (χ4n) is 3.77. The Morgan fingerprint density at radius 1 is 1.03 bits per heavy atom. The number of aromatic nitrogens is 1. The first kappa shape index (κ1) is 24.7. The topological polar surface area (TPSA) is 158 Å². The number of hydrogen-bond donors (Lipinski definition) is 2. The average Bonchev–Trinajstić information content (AvgIpc) is 2.83. The van der Waals surface area contributed by atoms with Gasteiger partial charge in [0.05, 0.1) is 15.5 Å². The van der Waals surface area contributed by atoms with Crippen molar-refractivity contribution in [3.8, 4) is 5.75 Å². The summed E-state index contributed by atoms with van der Waals surface area (Å²) in [6.07, 6.45) is 3.95. The zero-order valence-electron chi connectivity index (χ0n) is 18.7. The Labute approximate surface area is 202 Å². The summed E-state index contributed by atoms with van der Waals surface area (Å²) in [5.74, 6) is -1.05. The molecular formula is C22H23N5O6S2. The van der Waals surface area contributed by atoms with Crippen LogP contribution in [0.4, 0.5) is 11.4 Å². The number of piperidine rings is 1. The first-order valence-electron chi connectivity index (χ1n) is 10.8. The molecule has 1 aromatic heterocycles. The molecule has 1 aliphatic heterocycles. The summed E-state index contributed by atoms with van der Waals surface area (Å²) in [4.78, 5) is 15.1. The predicted molar refractivity (Wildman–Crippen MR) is 128 cm³/mol. The van der Waals surface area contributed by atoms with Gasteiger partial charge in [0, 0.05) is 31.6 Å². The van der Waals surface area contributed by atoms with Crippen molar-refractivity contribution in [2.45, 2.75) is 36.0 Å². The summed E-state index contributed by atoms with van der Waals surface area (Å²) >= 11 is 0. The van der Waals surface area contributed by atoms with Crippen molar-refractivity contribution >= 4 is 48.2 Å². The van der Waals surface area contributed by atoms with Gasteiger partial charge in [-0.15, -0.1) is 5.11 Å². The molecule has 184 valence electrons. The first-order valence-corrected chi connectivity index (χ1v) is 13.7. The van der Waals surface area contributed by atoms with E-state index in [4.69, 9.17) is 0 Å². The van der Waals surface area contributed by atoms with Crippen LogP contribution >= 0.6 is 0 Å². The largest absolute Gasteiger partial charge is 0.504 e. The highest BCUT2D eigenvalue weighted by Gasteiger charge is 2.29. The lowest BCUT2D eigenvalue weighted by molar-refractivity contribution is -0.117. The molecular weight excluding hydrogens is 494 g/mol. The number of carbonyl (C=O) groups excluding carboxylic acids is 1. The summed E-state index contributed by atoms with van der Waals surface area (Å²) in [7, 11) is -7.86. The number of phenolic OH excluding ortho intramolecular Hbond substituents is 1. The molecule has 2 N–H and O–H groups in total. The fraction of sp³-hybridized carbons (Fsp3) is 0.273. The Morgan fingerprint density at radius 2 is 1.71 bits per heavy atom. The smallest absolute Gasteiger partial charge is 0.264 e. The van der Waals surface area contributed by atoms with E-state index in [2.05, 4.69) is 15.2 Å². The summed E-state index contributed by atoms with van der Waals surface area (Å²) in [5.41, 5.74) is 0.228. The van der Waals surface area contributed by atoms with Gasteiger partial charge in [0.25, 0.3) is 10.0 Å². The van der Waals surface area contributed by atoms with Crippen LogP contribution in [0.15, 0.2) is 68.7 Å². The molecule has 0 saturated carbocycles. The van der Waals surface area contributed by atoms with E-state index < -0.39 is 26.0 Å². The molecule has 35 heavy (non-hydrogen) atoms. The first-order chi connectivity index (χ1) is 16.6. The van der Waals surface area contributed by atoms with Crippen molar-refractivity contribution < 1.29 is 26.7 Å². The average molecular weight is 518 g/mol. The van der Waals surface area contributed by atoms with Gasteiger partial charge in [-0.2, -0.15) is 9.42 Å². The van der Waals surface area contributed by atoms with Crippen LogP contribution in [-0.4, -0.2) is 50.2 Å². The number of carbonyl (C=O) groups is 1. The van der Waals surface area contributed by atoms with Crippen molar-refractivity contribution in [2.24, 2.45) is 10.2 Å². The second kappa shape index (κ2) is 9.68. The lowest BCUT2D eigenvalue weighted by Crippen LogP contribution is -2.35. The Morgan fingerprint density at radius 3 is 2.37 bits per heavy atom. The van der Waals surface area contributed by atoms with E-state index in [1.54, 1.807) is 12.1 Å². The fourth-order valence-corrected chi connectivity index (χ4v) is 6.48. The van der Waals surface area contributed by atoms with Gasteiger partial charge in [0.15, 0.2) is 5.75 Å². The van der Waals surface area contributed by atoms with Gasteiger partial charge in [0.2, 0.25) is 15.9 Å². The summed E-state index contributed by atoms with van der Waals surface area (Å²) in [6.45, 7) is 1.91. The number of benzene rings is 2. The maximum atomic E-state index is 13.4. The van der Waals surface area contributed by atoms with Crippen LogP contribution in [0.25, 0.3) is 10.9 Å². The van der Waals surface area contributed by atoms with Crippen LogP contribution in [0.2, 0.25) is 0 Å². The summed E-state index contributed by atoms with van der Waals surface area (Å²) < 4.78 is 54.2. The van der Waals surface area contributed by atoms with Crippen LogP contribution < -0.4 is 4.72 Å². The Bertz CT molecular complexity index is 1510. The van der Waals surface area contributed by atoms with E-state index in [0.29, 0.717) is 13.1 Å². The van der Waals surface area contributed by atoms with Crippen LogP contribution in [0.5, 0.6) is 5.75 Å². The van der Waals surface area contributed by atoms with Gasteiger partial charge in [-0.25, -0.2) is 21.6 Å². The van der Waals surface area contributed by atoms with E-state index in [0.717, 1.165) is 26.2 Å². The minimum atomic E-state index is -4.00. The maximum absolute atomic E-state index is 13.4. The van der Waals surface area contributed by atoms with Crippen molar-refractivity contribution in [2.75, 3.05) is 13.1 Å². The lowest BCUT2D eigenvalue weighted by Gasteiger charge is -2.26. The molecule has 2 aromatic carbocycles. The monoisotopic (exact) mass is 517 g/mol. The quantitative estimate of drug-likeness (QED) is 0.474. The minimum absolute atomic E-state index is 0.0222. The molecule has 2 heterocycles. The van der Waals surface area contributed by atoms with E-state index in [9.17, 15) is 26.7 Å². The highest BCUT2D eigenvalue weighted by Crippen LogP contribution is 2.39. The maximum Gasteiger partial charge on any atom is 0.264 e. The predicted octanol–water partition coefficient (Wildman–Crippen LogP) is 3.36. The van der Waals surface area contributed by atoms with E-state index in [1.165, 1.54) is 40.8 Å². The Hall–Kier alpha value is -3.42. The number of nitrogens with one attached hydrogen (secondary N) is 1. The third kappa shape index (κ3) is 5.16. The number of pyridine rings is 1. The zero-order chi connectivity index (χ0) is 25.2. The van der Waals surface area contributed by atoms with Crippen molar-refractivity contribution in [3.63, 3.8) is 0 Å². The second-order valence-corrected chi connectivity index (χ2v) is 11.6. The molecule has 3 aromatic rings. The van der Waals surface area contributed by atoms with Crippen LogP contribution in [0.1, 0.15) is 26.2 Å². The number of rotatable bonds is 6. The van der Waals surface area contributed by atoms with E-state index in [1.807, 2.05) is 4.72 Å². The zero-order valence-corrected chi connectivity index (χ0v) is 20.4. The molecule has 1 amide bonds. The lowest BCUT2D eigenvalue weighted by atomic mass is 10.2. The summed E-state index contributed by atoms with van der Waals surface area (Å²) in [5, 5.41) is 19.0. The molecule has 1 fully saturated rings. The van der Waals surface area contributed by atoms with Crippen molar-refractivity contribution in [3.05, 3.63) is 48.7 Å². The highest BCUT2D eigenvalue weighted by molar-refractivity contribution is 7.90. The SMILES string of the molecule is CC(=O)NS(=O)(=O)c1ccc(N=Nc2cc(S(=O)(=O)N3CCCCC3)c3cccnc3c2O)cc1. The second-order valence-electron chi connectivity index (χ2n) is 7.96. The number of azo groups is 1. The molecule has 0 spiro atoms. The molecule has 4 rings (SSSR count). The Kier molecular flexibility index (Phi) is 6.83. The normalized spacial score (nSPS) is 15.5. The Balaban J connectivity index is 1.72. The highest BCUT2D eigenvalue weighted by atomic mass is 32.2. The molecule has 1 saturated heterocycles. The van der Waals surface area contributed by atoms with Crippen molar-refractivity contribution in [1.82, 2.24) is 14.0 Å². The molecule has 0 atom stereocenters. The van der Waals surface area contributed by atoms with E-state index >= 15 is 0 Å². The number of amides is 1. The third-order valence-electron chi connectivity index (χ3n) is 5.44. The third-order valence-corrected chi connectivity index (χ3v) is 8.83. The van der Waals surface area contributed by atoms with E-state index in [-0.39, 0.29) is 37.8 Å². The molecule has 11 nitrogen and oxygen atoms in total. The van der Waals surface area contributed by atoms with Gasteiger partial charge in [0.1, 0.15) is 11.2 Å². The van der Waals surface area contributed by atoms with Crippen molar-refractivity contribution in [1.29, 1.82) is 0 Å². The van der Waals surface area contributed by atoms with Crippen LogP contribution in [-0.2, 0) is 24.8 Å². The number of nitrogens with zero attached hydrogens (tertiary/aromatic N) is 4.